The number of nitrogens with two attached hydrogens (primary N) is 1. The van der Waals surface area contributed by atoms with Gasteiger partial charge >= 0.3 is 0 Å². The maximum absolute atomic E-state index is 11.9. The number of primary sulfonamides is 1. The molecule has 0 radical (unpaired) electrons. The van der Waals surface area contributed by atoms with E-state index in [1.54, 1.807) is 0 Å². The summed E-state index contributed by atoms with van der Waals surface area (Å²) >= 11 is 6.43. The third-order valence-electron chi connectivity index (χ3n) is 2.44. The van der Waals surface area contributed by atoms with Crippen molar-refractivity contribution in [2.24, 2.45) is 5.14 Å². The summed E-state index contributed by atoms with van der Waals surface area (Å²) in [5.41, 5.74) is 0.585. The Bertz CT molecular complexity index is 844. The number of nitrogens with one attached hydrogen (secondary N) is 1. The van der Waals surface area contributed by atoms with Crippen LogP contribution in [0.15, 0.2) is 39.6 Å². The molecule has 7 nitrogen and oxygen atoms in total. The molecule has 1 heterocycles. The van der Waals surface area contributed by atoms with Crippen molar-refractivity contribution in [2.75, 3.05) is 0 Å². The molecule has 2 aromatic rings. The maximum atomic E-state index is 11.9. The Balaban J connectivity index is 2.10. The normalized spacial score (nSPS) is 12.5. The van der Waals surface area contributed by atoms with Crippen LogP contribution in [-0.4, -0.2) is 21.8 Å². The first-order chi connectivity index (χ1) is 9.68. The molecule has 0 saturated heterocycles. The molecule has 0 amide bonds. The SMILES string of the molecule is NS(=O)(=O)c1ccc(CNS(=O)(=O)c2cnc(Cl)s2)cc1. The summed E-state index contributed by atoms with van der Waals surface area (Å²) in [5, 5.41) is 4.97. The molecule has 0 saturated carbocycles. The van der Waals surface area contributed by atoms with Crippen LogP contribution in [0.1, 0.15) is 5.56 Å². The zero-order chi connectivity index (χ0) is 15.7. The van der Waals surface area contributed by atoms with E-state index in [4.69, 9.17) is 16.7 Å². The molecule has 0 aliphatic heterocycles. The van der Waals surface area contributed by atoms with Gasteiger partial charge in [-0.1, -0.05) is 35.1 Å². The van der Waals surface area contributed by atoms with E-state index < -0.39 is 20.0 Å². The zero-order valence-corrected chi connectivity index (χ0v) is 13.6. The molecule has 11 heteroatoms. The van der Waals surface area contributed by atoms with Crippen LogP contribution in [0.2, 0.25) is 4.47 Å². The van der Waals surface area contributed by atoms with Gasteiger partial charge in [0.25, 0.3) is 10.0 Å². The van der Waals surface area contributed by atoms with E-state index in [0.29, 0.717) is 5.56 Å². The second-order valence-electron chi connectivity index (χ2n) is 3.95. The number of halogens is 1. The fourth-order valence-corrected chi connectivity index (χ4v) is 4.28. The van der Waals surface area contributed by atoms with E-state index in [1.807, 2.05) is 0 Å². The fourth-order valence-electron chi connectivity index (χ4n) is 1.41. The summed E-state index contributed by atoms with van der Waals surface area (Å²) in [6, 6.07) is 5.56. The van der Waals surface area contributed by atoms with Crippen LogP contribution in [0.25, 0.3) is 0 Å². The fraction of sp³-hybridized carbons (Fsp3) is 0.100. The first-order valence-electron chi connectivity index (χ1n) is 5.41. The van der Waals surface area contributed by atoms with E-state index in [1.165, 1.54) is 30.5 Å². The van der Waals surface area contributed by atoms with Crippen molar-refractivity contribution in [2.45, 2.75) is 15.6 Å². The molecule has 1 aromatic carbocycles. The van der Waals surface area contributed by atoms with Gasteiger partial charge in [-0.2, -0.15) is 0 Å². The minimum atomic E-state index is -3.76. The Kier molecular flexibility index (Phi) is 4.66. The van der Waals surface area contributed by atoms with Crippen molar-refractivity contribution in [3.63, 3.8) is 0 Å². The average Bonchev–Trinajstić information content (AvgIpc) is 2.83. The summed E-state index contributed by atoms with van der Waals surface area (Å²) in [4.78, 5) is 3.62. The lowest BCUT2D eigenvalue weighted by atomic mass is 10.2. The van der Waals surface area contributed by atoms with Gasteiger partial charge in [0.15, 0.2) is 8.68 Å². The molecule has 0 unspecified atom stereocenters. The van der Waals surface area contributed by atoms with E-state index >= 15 is 0 Å². The zero-order valence-electron chi connectivity index (χ0n) is 10.4. The van der Waals surface area contributed by atoms with Crippen molar-refractivity contribution in [1.82, 2.24) is 9.71 Å². The molecule has 1 aromatic heterocycles. The van der Waals surface area contributed by atoms with Gasteiger partial charge in [-0.3, -0.25) is 0 Å². The van der Waals surface area contributed by atoms with Crippen molar-refractivity contribution < 1.29 is 16.8 Å². The highest BCUT2D eigenvalue weighted by Gasteiger charge is 2.17. The smallest absolute Gasteiger partial charge is 0.232 e. The number of hydrogen-bond acceptors (Lipinski definition) is 6. The first-order valence-corrected chi connectivity index (χ1v) is 9.63. The Morgan fingerprint density at radius 1 is 1.19 bits per heavy atom. The van der Waals surface area contributed by atoms with Crippen molar-refractivity contribution in [1.29, 1.82) is 0 Å². The summed E-state index contributed by atoms with van der Waals surface area (Å²) in [6.07, 6.45) is 1.17. The minimum absolute atomic E-state index is 0.00273. The lowest BCUT2D eigenvalue weighted by Crippen LogP contribution is -2.22. The number of thiazole rings is 1. The van der Waals surface area contributed by atoms with Gasteiger partial charge in [0, 0.05) is 6.54 Å². The summed E-state index contributed by atoms with van der Waals surface area (Å²) in [7, 11) is -7.46. The molecule has 0 spiro atoms. The van der Waals surface area contributed by atoms with Crippen LogP contribution in [0, 0.1) is 0 Å². The van der Waals surface area contributed by atoms with Gasteiger partial charge in [0.2, 0.25) is 10.0 Å². The molecule has 0 fully saturated rings. The quantitative estimate of drug-likeness (QED) is 0.814. The van der Waals surface area contributed by atoms with Crippen molar-refractivity contribution >= 4 is 43.0 Å². The third kappa shape index (κ3) is 4.22. The molecule has 21 heavy (non-hydrogen) atoms. The van der Waals surface area contributed by atoms with Gasteiger partial charge in [-0.15, -0.1) is 0 Å². The van der Waals surface area contributed by atoms with Crippen LogP contribution >= 0.6 is 22.9 Å². The maximum Gasteiger partial charge on any atom is 0.252 e. The largest absolute Gasteiger partial charge is 0.252 e. The van der Waals surface area contributed by atoms with Gasteiger partial charge in [0.05, 0.1) is 11.1 Å². The molecule has 0 atom stereocenters. The van der Waals surface area contributed by atoms with Crippen molar-refractivity contribution in [3.05, 3.63) is 40.5 Å². The van der Waals surface area contributed by atoms with Crippen LogP contribution in [0.3, 0.4) is 0 Å². The standard InChI is InChI=1S/C10H10ClN3O4S3/c11-10-13-6-9(19-10)21(17,18)14-5-7-1-3-8(4-2-7)20(12,15)16/h1-4,6,14H,5H2,(H2,12,15,16). The number of nitrogens with zero attached hydrogens (tertiary/aromatic N) is 1. The summed E-state index contributed by atoms with van der Waals surface area (Å²) in [6.45, 7) is 0.00273. The van der Waals surface area contributed by atoms with Gasteiger partial charge in [-0.25, -0.2) is 31.7 Å². The molecule has 0 bridgehead atoms. The second-order valence-corrected chi connectivity index (χ2v) is 9.11. The van der Waals surface area contributed by atoms with Crippen LogP contribution in [-0.2, 0) is 26.6 Å². The lowest BCUT2D eigenvalue weighted by molar-refractivity contribution is 0.582. The monoisotopic (exact) mass is 367 g/mol. The predicted octanol–water partition coefficient (Wildman–Crippen LogP) is 0.922. The Labute approximate surface area is 130 Å². The Morgan fingerprint density at radius 3 is 2.29 bits per heavy atom. The molecule has 2 rings (SSSR count). The number of benzene rings is 1. The molecular weight excluding hydrogens is 358 g/mol. The van der Waals surface area contributed by atoms with E-state index in [-0.39, 0.29) is 20.1 Å². The van der Waals surface area contributed by atoms with Crippen LogP contribution in [0.5, 0.6) is 0 Å². The molecule has 0 aliphatic rings. The predicted molar refractivity (Wildman–Crippen MR) is 79.0 cm³/mol. The van der Waals surface area contributed by atoms with Crippen LogP contribution < -0.4 is 9.86 Å². The average molecular weight is 368 g/mol. The highest BCUT2D eigenvalue weighted by Crippen LogP contribution is 2.22. The molecule has 3 N–H and O–H groups in total. The van der Waals surface area contributed by atoms with E-state index in [2.05, 4.69) is 9.71 Å². The molecule has 114 valence electrons. The van der Waals surface area contributed by atoms with E-state index in [0.717, 1.165) is 11.3 Å². The topological polar surface area (TPSA) is 119 Å². The first kappa shape index (κ1) is 16.3. The van der Waals surface area contributed by atoms with E-state index in [9.17, 15) is 16.8 Å². The van der Waals surface area contributed by atoms with Crippen LogP contribution in [0.4, 0.5) is 0 Å². The third-order valence-corrected chi connectivity index (χ3v) is 6.35. The van der Waals surface area contributed by atoms with Gasteiger partial charge < -0.3 is 0 Å². The molecule has 0 aliphatic carbocycles. The highest BCUT2D eigenvalue weighted by molar-refractivity contribution is 7.91. The van der Waals surface area contributed by atoms with Crippen molar-refractivity contribution in [3.8, 4) is 0 Å². The Morgan fingerprint density at radius 2 is 1.81 bits per heavy atom. The Hall–Kier alpha value is -1.04. The summed E-state index contributed by atoms with van der Waals surface area (Å²) < 4.78 is 48.6. The number of hydrogen-bond donors (Lipinski definition) is 2. The summed E-state index contributed by atoms with van der Waals surface area (Å²) in [5.74, 6) is 0. The van der Waals surface area contributed by atoms with Gasteiger partial charge in [0.1, 0.15) is 0 Å². The second kappa shape index (κ2) is 5.99. The number of aromatic nitrogens is 1. The number of rotatable bonds is 5. The lowest BCUT2D eigenvalue weighted by Gasteiger charge is -2.05. The number of sulfonamides is 2. The highest BCUT2D eigenvalue weighted by atomic mass is 35.5. The minimum Gasteiger partial charge on any atom is -0.232 e. The van der Waals surface area contributed by atoms with Gasteiger partial charge in [-0.05, 0) is 17.7 Å². The molecular formula is C10H10ClN3O4S3.